The summed E-state index contributed by atoms with van der Waals surface area (Å²) < 4.78 is 10.4. The van der Waals surface area contributed by atoms with Crippen molar-refractivity contribution in [2.24, 2.45) is 0 Å². The van der Waals surface area contributed by atoms with Crippen LogP contribution in [0.3, 0.4) is 0 Å². The van der Waals surface area contributed by atoms with Crippen LogP contribution in [0.2, 0.25) is 0 Å². The normalized spacial score (nSPS) is 23.3. The van der Waals surface area contributed by atoms with Gasteiger partial charge in [0.05, 0.1) is 19.8 Å². The average molecular weight is 213 g/mol. The smallest absolute Gasteiger partial charge is 0.325 e. The first kappa shape index (κ1) is 10.9. The van der Waals surface area contributed by atoms with Gasteiger partial charge in [0, 0.05) is 6.04 Å². The van der Waals surface area contributed by atoms with Crippen molar-refractivity contribution in [3.63, 3.8) is 0 Å². The quantitative estimate of drug-likeness (QED) is 0.664. The lowest BCUT2D eigenvalue weighted by Crippen LogP contribution is -2.44. The third-order valence-corrected chi connectivity index (χ3v) is 3.05. The van der Waals surface area contributed by atoms with E-state index in [1.54, 1.807) is 0 Å². The third-order valence-electron chi connectivity index (χ3n) is 3.05. The second-order valence-electron chi connectivity index (χ2n) is 4.40. The minimum absolute atomic E-state index is 0.207. The lowest BCUT2D eigenvalue weighted by molar-refractivity contribution is -0.146. The van der Waals surface area contributed by atoms with Crippen LogP contribution < -0.4 is 5.32 Å². The molecule has 0 aliphatic heterocycles. The van der Waals surface area contributed by atoms with Crippen molar-refractivity contribution in [3.05, 3.63) is 0 Å². The van der Waals surface area contributed by atoms with Crippen molar-refractivity contribution >= 4 is 5.97 Å². The highest BCUT2D eigenvalue weighted by atomic mass is 16.5. The van der Waals surface area contributed by atoms with Crippen LogP contribution in [0.15, 0.2) is 0 Å². The highest BCUT2D eigenvalue weighted by molar-refractivity contribution is 5.75. The Balaban J connectivity index is 1.72. The summed E-state index contributed by atoms with van der Waals surface area (Å²) in [6.07, 6.45) is 6.23. The first-order valence-corrected chi connectivity index (χ1v) is 5.75. The molecule has 2 aliphatic rings. The van der Waals surface area contributed by atoms with E-state index in [0.29, 0.717) is 18.8 Å². The first-order chi connectivity index (χ1) is 7.29. The molecule has 0 amide bonds. The predicted octanol–water partition coefficient (Wildman–Crippen LogP) is 0.849. The lowest BCUT2D eigenvalue weighted by Gasteiger charge is -2.27. The molecule has 15 heavy (non-hydrogen) atoms. The molecular formula is C11H19NO3. The highest BCUT2D eigenvalue weighted by Gasteiger charge is 2.30. The molecule has 4 nitrogen and oxygen atoms in total. The molecule has 0 saturated heterocycles. The van der Waals surface area contributed by atoms with Gasteiger partial charge in [-0.2, -0.15) is 0 Å². The molecule has 0 aromatic carbocycles. The fourth-order valence-electron chi connectivity index (χ4n) is 1.63. The van der Waals surface area contributed by atoms with Gasteiger partial charge in [0.2, 0.25) is 0 Å². The van der Waals surface area contributed by atoms with Crippen LogP contribution in [0, 0.1) is 0 Å². The minimum atomic E-state index is -0.275. The van der Waals surface area contributed by atoms with Gasteiger partial charge in [-0.1, -0.05) is 0 Å². The van der Waals surface area contributed by atoms with Crippen LogP contribution in [-0.2, 0) is 14.3 Å². The minimum Gasteiger partial charge on any atom is -0.468 e. The number of ether oxygens (including phenoxy) is 2. The van der Waals surface area contributed by atoms with E-state index >= 15 is 0 Å². The fourth-order valence-corrected chi connectivity index (χ4v) is 1.63. The van der Waals surface area contributed by atoms with E-state index in [-0.39, 0.29) is 12.0 Å². The van der Waals surface area contributed by atoms with Gasteiger partial charge >= 0.3 is 5.97 Å². The van der Waals surface area contributed by atoms with Gasteiger partial charge in [0.15, 0.2) is 0 Å². The Bertz CT molecular complexity index is 224. The number of carbonyl (C=O) groups excluding carboxylic acids is 1. The molecule has 4 heteroatoms. The topological polar surface area (TPSA) is 47.6 Å². The molecule has 2 rings (SSSR count). The second-order valence-corrected chi connectivity index (χ2v) is 4.40. The van der Waals surface area contributed by atoms with E-state index in [9.17, 15) is 4.79 Å². The van der Waals surface area contributed by atoms with E-state index in [2.05, 4.69) is 5.32 Å². The van der Waals surface area contributed by atoms with Crippen molar-refractivity contribution in [3.8, 4) is 0 Å². The summed E-state index contributed by atoms with van der Waals surface area (Å²) in [6.45, 7) is 0.452. The Morgan fingerprint density at radius 3 is 2.60 bits per heavy atom. The predicted molar refractivity (Wildman–Crippen MR) is 55.6 cm³/mol. The van der Waals surface area contributed by atoms with Gasteiger partial charge < -0.3 is 9.47 Å². The maximum absolute atomic E-state index is 11.4. The zero-order valence-electron chi connectivity index (χ0n) is 9.20. The number of esters is 1. The van der Waals surface area contributed by atoms with Crippen molar-refractivity contribution in [1.29, 1.82) is 0 Å². The monoisotopic (exact) mass is 213 g/mol. The standard InChI is InChI=1S/C11H19NO3/c1-14-11(13)10(12-8-5-6-8)7-15-9-3-2-4-9/h8-10,12H,2-7H2,1H3. The van der Waals surface area contributed by atoms with Crippen LogP contribution in [0.25, 0.3) is 0 Å². The molecule has 2 saturated carbocycles. The summed E-state index contributed by atoms with van der Waals surface area (Å²) in [5.41, 5.74) is 0. The molecule has 2 fully saturated rings. The zero-order valence-corrected chi connectivity index (χ0v) is 9.20. The maximum Gasteiger partial charge on any atom is 0.325 e. The molecule has 86 valence electrons. The number of rotatable bonds is 6. The summed E-state index contributed by atoms with van der Waals surface area (Å²) in [5.74, 6) is -0.207. The molecule has 0 aromatic heterocycles. The number of methoxy groups -OCH3 is 1. The molecule has 1 atom stereocenters. The van der Waals surface area contributed by atoms with Gasteiger partial charge in [-0.3, -0.25) is 10.1 Å². The zero-order chi connectivity index (χ0) is 10.7. The number of nitrogens with one attached hydrogen (secondary N) is 1. The van der Waals surface area contributed by atoms with Crippen molar-refractivity contribution < 1.29 is 14.3 Å². The molecule has 1 N–H and O–H groups in total. The Labute approximate surface area is 90.3 Å². The van der Waals surface area contributed by atoms with E-state index in [1.807, 2.05) is 0 Å². The van der Waals surface area contributed by atoms with E-state index in [0.717, 1.165) is 25.7 Å². The van der Waals surface area contributed by atoms with Gasteiger partial charge in [0.25, 0.3) is 0 Å². The van der Waals surface area contributed by atoms with Gasteiger partial charge in [0.1, 0.15) is 6.04 Å². The van der Waals surface area contributed by atoms with Crippen LogP contribution in [0.1, 0.15) is 32.1 Å². The molecule has 0 spiro atoms. The van der Waals surface area contributed by atoms with E-state index < -0.39 is 0 Å². The van der Waals surface area contributed by atoms with Gasteiger partial charge in [-0.05, 0) is 32.1 Å². The van der Waals surface area contributed by atoms with Crippen LogP contribution in [0.4, 0.5) is 0 Å². The van der Waals surface area contributed by atoms with Crippen LogP contribution in [-0.4, -0.2) is 37.9 Å². The van der Waals surface area contributed by atoms with Crippen LogP contribution >= 0.6 is 0 Å². The van der Waals surface area contributed by atoms with Gasteiger partial charge in [-0.15, -0.1) is 0 Å². The van der Waals surface area contributed by atoms with Gasteiger partial charge in [-0.25, -0.2) is 0 Å². The summed E-state index contributed by atoms with van der Waals surface area (Å²) in [6, 6.07) is 0.224. The van der Waals surface area contributed by atoms with Crippen molar-refractivity contribution in [2.75, 3.05) is 13.7 Å². The Morgan fingerprint density at radius 2 is 2.13 bits per heavy atom. The molecule has 0 aromatic rings. The molecule has 0 radical (unpaired) electrons. The summed E-state index contributed by atoms with van der Waals surface area (Å²) in [4.78, 5) is 11.4. The Morgan fingerprint density at radius 1 is 1.40 bits per heavy atom. The molecule has 0 heterocycles. The second kappa shape index (κ2) is 4.94. The number of hydrogen-bond acceptors (Lipinski definition) is 4. The molecular weight excluding hydrogens is 194 g/mol. The summed E-state index contributed by atoms with van der Waals surface area (Å²) in [7, 11) is 1.42. The number of carbonyl (C=O) groups is 1. The first-order valence-electron chi connectivity index (χ1n) is 5.75. The Kier molecular flexibility index (Phi) is 3.59. The van der Waals surface area contributed by atoms with E-state index in [4.69, 9.17) is 9.47 Å². The highest BCUT2D eigenvalue weighted by Crippen LogP contribution is 2.23. The largest absolute Gasteiger partial charge is 0.468 e. The molecule has 2 aliphatic carbocycles. The Hall–Kier alpha value is -0.610. The fraction of sp³-hybridized carbons (Fsp3) is 0.909. The average Bonchev–Trinajstić information content (AvgIpc) is 2.96. The van der Waals surface area contributed by atoms with E-state index in [1.165, 1.54) is 13.5 Å². The number of hydrogen-bond donors (Lipinski definition) is 1. The van der Waals surface area contributed by atoms with Crippen molar-refractivity contribution in [2.45, 2.75) is 50.3 Å². The summed E-state index contributed by atoms with van der Waals surface area (Å²) in [5, 5.41) is 3.25. The SMILES string of the molecule is COC(=O)C(COC1CCC1)NC1CC1. The summed E-state index contributed by atoms with van der Waals surface area (Å²) >= 11 is 0. The van der Waals surface area contributed by atoms with Crippen molar-refractivity contribution in [1.82, 2.24) is 5.32 Å². The molecule has 0 bridgehead atoms. The molecule has 1 unspecified atom stereocenters. The van der Waals surface area contributed by atoms with Crippen LogP contribution in [0.5, 0.6) is 0 Å². The lowest BCUT2D eigenvalue weighted by atomic mass is 9.96. The maximum atomic E-state index is 11.4. The third kappa shape index (κ3) is 3.18.